The number of hydrogen-bond donors (Lipinski definition) is 9. The van der Waals surface area contributed by atoms with Crippen molar-refractivity contribution in [2.24, 2.45) is 39.7 Å². The van der Waals surface area contributed by atoms with Crippen LogP contribution in [0.25, 0.3) is 30.6 Å². The minimum absolute atomic E-state index is 0.102. The molecule has 0 unspecified atom stereocenters. The summed E-state index contributed by atoms with van der Waals surface area (Å²) in [5.74, 6) is 1.16. The van der Waals surface area contributed by atoms with Crippen molar-refractivity contribution >= 4 is 163 Å². The number of aromatic nitrogens is 3. The lowest BCUT2D eigenvalue weighted by molar-refractivity contribution is 0.0510. The molecule has 0 saturated heterocycles. The molecule has 9 heterocycles. The Morgan fingerprint density at radius 1 is 0.441 bits per heavy atom. The van der Waals surface area contributed by atoms with Crippen molar-refractivity contribution in [3.05, 3.63) is 247 Å². The molecular weight excluding hydrogens is 1840 g/mol. The van der Waals surface area contributed by atoms with Gasteiger partial charge in [-0.3, -0.25) is 28.8 Å². The van der Waals surface area contributed by atoms with Crippen molar-refractivity contribution in [3.63, 3.8) is 0 Å². The minimum atomic E-state index is -0.660. The fourth-order valence-electron chi connectivity index (χ4n) is 16.0. The smallest absolute Gasteiger partial charge is 0.407 e. The number of nitrogens with two attached hydrogens (primary N) is 2. The van der Waals surface area contributed by atoms with Gasteiger partial charge in [0.25, 0.3) is 34.8 Å². The highest BCUT2D eigenvalue weighted by Crippen LogP contribution is 2.43. The molecule has 0 radical (unpaired) electrons. The van der Waals surface area contributed by atoms with Crippen molar-refractivity contribution in [1.82, 2.24) is 46.4 Å². The van der Waals surface area contributed by atoms with E-state index in [-0.39, 0.29) is 94.1 Å². The molecule has 3 aliphatic rings. The highest BCUT2D eigenvalue weighted by molar-refractivity contribution is 7.21. The molecule has 7 amide bonds. The number of carbonyl (C=O) groups is 8. The number of amides is 7. The molecule has 0 saturated carbocycles. The molecule has 3 aliphatic carbocycles. The molecule has 6 atom stereocenters. The van der Waals surface area contributed by atoms with Gasteiger partial charge in [-0.15, -0.1) is 57.2 Å². The molecule has 0 fully saturated rings. The number of benzene rings is 3. The second-order valence-electron chi connectivity index (χ2n) is 39.0. The molecule has 11 N–H and O–H groups in total. The van der Waals surface area contributed by atoms with Crippen molar-refractivity contribution in [2.75, 3.05) is 61.0 Å². The Kier molecular flexibility index (Phi) is 38.0. The number of aryl methyl sites for hydroxylation is 3. The van der Waals surface area contributed by atoms with Gasteiger partial charge in [-0.05, 0) is 307 Å². The fourth-order valence-corrected chi connectivity index (χ4v) is 18.9. The predicted octanol–water partition coefficient (Wildman–Crippen LogP) is 23.5. The van der Waals surface area contributed by atoms with E-state index in [1.807, 2.05) is 63.2 Å². The van der Waals surface area contributed by atoms with Gasteiger partial charge >= 0.3 is 12.2 Å². The van der Waals surface area contributed by atoms with Crippen LogP contribution in [0.2, 0.25) is 0 Å². The van der Waals surface area contributed by atoms with Crippen LogP contribution >= 0.6 is 68.8 Å². The van der Waals surface area contributed by atoms with Crippen molar-refractivity contribution in [2.45, 2.75) is 212 Å². The summed E-state index contributed by atoms with van der Waals surface area (Å²) in [6.45, 7) is 42.1. The summed E-state index contributed by atoms with van der Waals surface area (Å²) >= 11 is 18.7. The summed E-state index contributed by atoms with van der Waals surface area (Å²) in [5, 5.41) is 22.9. The van der Waals surface area contributed by atoms with E-state index in [4.69, 9.17) is 79.5 Å². The lowest BCUT2D eigenvalue weighted by atomic mass is 9.71. The summed E-state index contributed by atoms with van der Waals surface area (Å²) in [7, 11) is 0. The number of fused-ring (bicyclic) bond motifs is 6. The van der Waals surface area contributed by atoms with Crippen LogP contribution in [0.15, 0.2) is 178 Å². The molecule has 32 heteroatoms. The minimum Gasteiger partial charge on any atom is -0.460 e. The highest BCUT2D eigenvalue weighted by atomic mass is 35.5. The van der Waals surface area contributed by atoms with E-state index in [9.17, 15) is 38.4 Å². The standard InChI is InChI=1S/C34H40N4O5S.C29H32N4O3S.C29H38N4O3S.C6H15N.C5H3ClO2.CH2Cl2/c1-33(2,3)23-11-14-25-21(17-23)16-22-18-28(44-31(22)38-25)30(40)37-26(19-35-32(41)43-34(4,5)6)20-9-12-24(13-10-20)36-29(39)27-8-7-15-42-27;1-29(2,3)20-8-11-22-18(14-20)13-19-15-25(37-28(19)33-22)27(35)32-23(16-30)17-6-9-21(10-7-17)31-26(34)24-5-4-12-36-24;1-28(2,3)20-9-12-22-18(14-20)13-19-15-24(37-26(19)33-22)25(34)32-23(17-7-10-21(30)11-8-17)16-31-27(35)36-29(4,5)6;1-4-7(5-2)6-3;6-5(7)4-2-1-3-8-4;2-1-3/h7-10,12-13,15-16,18,23,26H,11,14,17,19H2,1-6H3,(H,35,41)(H,36,39)(H,37,40);4-7,9-10,12-13,15,20,23H,8,11,14,16,30H2,1-3H3,(H,31,34)(H,32,35);7-8,10-11,13,15,20,23H,9,12,14,16,30H2,1-6H3,(H,31,35)(H,32,34);4-6H2,1-3H3;1-3H;1H2/t23-,26-;2*20-,23-;;;/m111.../s1. The zero-order valence-electron chi connectivity index (χ0n) is 81.0. The van der Waals surface area contributed by atoms with Gasteiger partial charge < -0.3 is 76.3 Å². The largest absolute Gasteiger partial charge is 0.460 e. The Morgan fingerprint density at radius 3 is 1.01 bits per heavy atom. The second kappa shape index (κ2) is 48.3. The number of halogens is 3. The molecule has 12 aromatic rings. The maximum Gasteiger partial charge on any atom is 0.407 e. The van der Waals surface area contributed by atoms with Crippen LogP contribution in [0.5, 0.6) is 0 Å². The van der Waals surface area contributed by atoms with Gasteiger partial charge in [0.05, 0.1) is 56.9 Å². The number of alkyl halides is 2. The first kappa shape index (κ1) is 107. The number of nitrogens with one attached hydrogen (secondary N) is 7. The average molecular weight is 1970 g/mol. The molecule has 26 nitrogen and oxygen atoms in total. The third-order valence-corrected chi connectivity index (χ3v) is 27.2. The van der Waals surface area contributed by atoms with Gasteiger partial charge in [0.2, 0.25) is 0 Å². The number of hydrogen-bond acceptors (Lipinski definition) is 22. The normalized spacial score (nSPS) is 15.2. The number of furan rings is 3. The maximum atomic E-state index is 13.6. The first-order valence-corrected chi connectivity index (χ1v) is 49.9. The molecule has 0 aliphatic heterocycles. The van der Waals surface area contributed by atoms with Crippen LogP contribution in [-0.2, 0) is 48.0 Å². The van der Waals surface area contributed by atoms with Crippen LogP contribution < -0.4 is 48.7 Å². The Balaban J connectivity index is 0.000000193. The number of carbonyl (C=O) groups excluding carboxylic acids is 8. The molecule has 3 aromatic carbocycles. The zero-order valence-corrected chi connectivity index (χ0v) is 85.7. The Labute approximate surface area is 824 Å². The number of nitrogen functional groups attached to an aromatic ring is 1. The molecule has 0 spiro atoms. The lowest BCUT2D eigenvalue weighted by Crippen LogP contribution is -2.40. The van der Waals surface area contributed by atoms with Gasteiger partial charge in [-0.2, -0.15) is 0 Å². The van der Waals surface area contributed by atoms with Crippen LogP contribution in [0.4, 0.5) is 26.7 Å². The van der Waals surface area contributed by atoms with Crippen molar-refractivity contribution in [1.29, 1.82) is 0 Å². The molecule has 728 valence electrons. The summed E-state index contributed by atoms with van der Waals surface area (Å²) in [6.07, 6.45) is 12.5. The van der Waals surface area contributed by atoms with Crippen molar-refractivity contribution in [3.8, 4) is 0 Å². The van der Waals surface area contributed by atoms with Gasteiger partial charge in [-0.1, -0.05) is 119 Å². The van der Waals surface area contributed by atoms with Gasteiger partial charge in [0.15, 0.2) is 17.3 Å². The Bertz CT molecular complexity index is 5980. The molecule has 15 rings (SSSR count). The number of anilines is 3. The number of rotatable bonds is 22. The van der Waals surface area contributed by atoms with E-state index in [0.29, 0.717) is 49.4 Å². The third-order valence-electron chi connectivity index (χ3n) is 23.8. The number of alkyl carbamates (subject to hydrolysis) is 2. The van der Waals surface area contributed by atoms with E-state index >= 15 is 0 Å². The van der Waals surface area contributed by atoms with E-state index < -0.39 is 40.7 Å². The fraction of sp³-hybridized carbons (Fsp3) is 0.433. The van der Waals surface area contributed by atoms with Crippen molar-refractivity contribution < 1.29 is 61.1 Å². The predicted molar refractivity (Wildman–Crippen MR) is 548 cm³/mol. The summed E-state index contributed by atoms with van der Waals surface area (Å²) in [4.78, 5) is 121. The summed E-state index contributed by atoms with van der Waals surface area (Å²) in [6, 6.07) is 42.2. The molecule has 136 heavy (non-hydrogen) atoms. The van der Waals surface area contributed by atoms with Crippen LogP contribution in [0, 0.1) is 34.0 Å². The Hall–Kier alpha value is -11.0. The van der Waals surface area contributed by atoms with E-state index in [0.717, 1.165) is 117 Å². The summed E-state index contributed by atoms with van der Waals surface area (Å²) < 4.78 is 25.7. The first-order chi connectivity index (χ1) is 64.3. The first-order valence-electron chi connectivity index (χ1n) is 46.0. The molecule has 0 bridgehead atoms. The summed E-state index contributed by atoms with van der Waals surface area (Å²) in [5.41, 5.74) is 22.9. The van der Waals surface area contributed by atoms with Gasteiger partial charge in [0, 0.05) is 69.9 Å². The van der Waals surface area contributed by atoms with Gasteiger partial charge in [0.1, 0.15) is 25.7 Å². The monoisotopic (exact) mass is 1970 g/mol. The number of thiophene rings is 3. The quantitative estimate of drug-likeness (QED) is 0.0173. The third kappa shape index (κ3) is 31.5. The Morgan fingerprint density at radius 2 is 0.743 bits per heavy atom. The van der Waals surface area contributed by atoms with E-state index in [2.05, 4.69) is 148 Å². The van der Waals surface area contributed by atoms with Crippen LogP contribution in [0.1, 0.15) is 273 Å². The van der Waals surface area contributed by atoms with Crippen LogP contribution in [-0.4, -0.2) is 123 Å². The lowest BCUT2D eigenvalue weighted by Gasteiger charge is -2.34. The number of pyridine rings is 3. The SMILES string of the molecule is CC(C)(C)OC(=O)NC[C@@H](NC(=O)c1cc2cc3c(nc2s1)CC[C@@H](C(C)(C)C)C3)c1ccc(N)cc1.CC(C)(C)OC(=O)NC[C@@H](NC(=O)c1cc2cc3c(nc2s1)CC[C@@H](C(C)(C)C)C3)c1ccc(NC(=O)c2ccco2)cc1.CC(C)(C)[C@@H]1CCc2nc3sc(C(=O)N[C@H](CN)c4ccc(NC(=O)c5ccco5)cc4)cc3cc2C1.CCN(CC)CC.ClCCl.O=C(Cl)c1ccco1. The second-order valence-corrected chi connectivity index (χ2v) is 43.3. The number of nitrogens with zero attached hydrogens (tertiary/aromatic N) is 4. The molecular formula is C104H130Cl3N13O13S3. The van der Waals surface area contributed by atoms with E-state index in [1.165, 1.54) is 101 Å². The van der Waals surface area contributed by atoms with Gasteiger partial charge in [-0.25, -0.2) is 24.5 Å². The topological polar surface area (TPSA) is 373 Å². The average Bonchev–Trinajstić information content (AvgIpc) is 1.60. The number of ether oxygens (including phenoxy) is 2. The van der Waals surface area contributed by atoms with Crippen LogP contribution in [0.3, 0.4) is 0 Å². The van der Waals surface area contributed by atoms with E-state index in [1.54, 1.807) is 99.6 Å². The maximum absolute atomic E-state index is 13.6. The highest BCUT2D eigenvalue weighted by Gasteiger charge is 2.35. The molecule has 9 aromatic heterocycles. The zero-order chi connectivity index (χ0) is 99.2.